The zero-order chi connectivity index (χ0) is 13.7. The molecule has 1 aromatic rings. The molecule has 1 saturated carbocycles. The van der Waals surface area contributed by atoms with Crippen molar-refractivity contribution in [2.24, 2.45) is 5.92 Å². The molecule has 5 nitrogen and oxygen atoms in total. The molecule has 2 rings (SSSR count). The molecule has 1 aliphatic rings. The summed E-state index contributed by atoms with van der Waals surface area (Å²) in [6.07, 6.45) is 6.96. The van der Waals surface area contributed by atoms with Gasteiger partial charge in [0.2, 0.25) is 0 Å². The van der Waals surface area contributed by atoms with Crippen LogP contribution in [0.25, 0.3) is 0 Å². The van der Waals surface area contributed by atoms with Crippen LogP contribution in [0.3, 0.4) is 0 Å². The van der Waals surface area contributed by atoms with Gasteiger partial charge in [0, 0.05) is 13.1 Å². The number of nitrogens with one attached hydrogen (secondary N) is 1. The first-order valence-electron chi connectivity index (χ1n) is 7.46. The van der Waals surface area contributed by atoms with E-state index in [1.165, 1.54) is 6.42 Å². The molecule has 0 saturated heterocycles. The Bertz CT molecular complexity index is 383. The van der Waals surface area contributed by atoms with Gasteiger partial charge in [0.25, 0.3) is 0 Å². The van der Waals surface area contributed by atoms with Crippen LogP contribution < -0.4 is 5.32 Å². The molecule has 0 aromatic carbocycles. The van der Waals surface area contributed by atoms with Crippen LogP contribution in [-0.2, 0) is 13.1 Å². The van der Waals surface area contributed by atoms with Crippen LogP contribution in [0.2, 0.25) is 0 Å². The largest absolute Gasteiger partial charge is 0.389 e. The zero-order valence-electron chi connectivity index (χ0n) is 12.1. The van der Waals surface area contributed by atoms with Crippen molar-refractivity contribution in [2.75, 3.05) is 6.54 Å². The monoisotopic (exact) mass is 266 g/mol. The third-order valence-corrected chi connectivity index (χ3v) is 4.35. The Morgan fingerprint density at radius 2 is 2.16 bits per heavy atom. The minimum atomic E-state index is -0.525. The maximum Gasteiger partial charge on any atom is 0.140 e. The molecule has 0 amide bonds. The maximum absolute atomic E-state index is 10.5. The molecular formula is C14H26N4O. The average molecular weight is 266 g/mol. The lowest BCUT2D eigenvalue weighted by Crippen LogP contribution is -2.43. The van der Waals surface area contributed by atoms with E-state index in [-0.39, 0.29) is 0 Å². The Kier molecular flexibility index (Phi) is 4.93. The third-order valence-electron chi connectivity index (χ3n) is 4.35. The van der Waals surface area contributed by atoms with Gasteiger partial charge in [-0.15, -0.1) is 0 Å². The van der Waals surface area contributed by atoms with Crippen LogP contribution in [-0.4, -0.2) is 32.0 Å². The summed E-state index contributed by atoms with van der Waals surface area (Å²) in [6, 6.07) is 0. The van der Waals surface area contributed by atoms with Gasteiger partial charge in [0.1, 0.15) is 12.2 Å². The molecule has 0 radical (unpaired) electrons. The van der Waals surface area contributed by atoms with Gasteiger partial charge in [-0.05, 0) is 38.5 Å². The van der Waals surface area contributed by atoms with Crippen molar-refractivity contribution in [1.29, 1.82) is 0 Å². The van der Waals surface area contributed by atoms with Crippen molar-refractivity contribution in [1.82, 2.24) is 20.1 Å². The summed E-state index contributed by atoms with van der Waals surface area (Å²) in [7, 11) is 0. The lowest BCUT2D eigenvalue weighted by Gasteiger charge is -2.36. The fourth-order valence-corrected chi connectivity index (χ4v) is 2.90. The van der Waals surface area contributed by atoms with Crippen LogP contribution in [0.5, 0.6) is 0 Å². The van der Waals surface area contributed by atoms with E-state index in [4.69, 9.17) is 0 Å². The minimum Gasteiger partial charge on any atom is -0.389 e. The molecule has 1 aliphatic carbocycles. The van der Waals surface area contributed by atoms with Gasteiger partial charge in [0.05, 0.1) is 12.1 Å². The van der Waals surface area contributed by atoms with Gasteiger partial charge in [-0.3, -0.25) is 0 Å². The highest BCUT2D eigenvalue weighted by molar-refractivity contribution is 4.89. The van der Waals surface area contributed by atoms with Crippen molar-refractivity contribution in [3.63, 3.8) is 0 Å². The molecule has 1 aromatic heterocycles. The molecule has 0 aliphatic heterocycles. The number of rotatable bonds is 6. The zero-order valence-corrected chi connectivity index (χ0v) is 12.1. The number of hydrogen-bond acceptors (Lipinski definition) is 4. The Hall–Kier alpha value is -0.940. The Labute approximate surface area is 115 Å². The topological polar surface area (TPSA) is 63.0 Å². The normalized spacial score (nSPS) is 27.6. The molecular weight excluding hydrogens is 240 g/mol. The molecule has 0 bridgehead atoms. The maximum atomic E-state index is 10.5. The molecule has 1 fully saturated rings. The van der Waals surface area contributed by atoms with E-state index >= 15 is 0 Å². The van der Waals surface area contributed by atoms with E-state index in [0.29, 0.717) is 13.1 Å². The molecule has 0 atom stereocenters. The van der Waals surface area contributed by atoms with Crippen LogP contribution in [0.15, 0.2) is 6.33 Å². The van der Waals surface area contributed by atoms with E-state index in [0.717, 1.165) is 44.0 Å². The van der Waals surface area contributed by atoms with Crippen molar-refractivity contribution in [3.8, 4) is 0 Å². The first kappa shape index (κ1) is 14.5. The van der Waals surface area contributed by atoms with E-state index in [1.54, 1.807) is 6.33 Å². The lowest BCUT2D eigenvalue weighted by molar-refractivity contribution is -0.00897. The Morgan fingerprint density at radius 1 is 1.42 bits per heavy atom. The van der Waals surface area contributed by atoms with Crippen LogP contribution in [0.4, 0.5) is 0 Å². The highest BCUT2D eigenvalue weighted by Crippen LogP contribution is 2.33. The summed E-state index contributed by atoms with van der Waals surface area (Å²) in [5.41, 5.74) is -0.525. The summed E-state index contributed by atoms with van der Waals surface area (Å²) in [4.78, 5) is 4.23. The van der Waals surface area contributed by atoms with Gasteiger partial charge in [-0.2, -0.15) is 5.10 Å². The van der Waals surface area contributed by atoms with Gasteiger partial charge < -0.3 is 10.4 Å². The first-order chi connectivity index (χ1) is 9.17. The smallest absolute Gasteiger partial charge is 0.140 e. The molecule has 108 valence electrons. The van der Waals surface area contributed by atoms with Crippen LogP contribution in [0.1, 0.15) is 51.8 Å². The number of aryl methyl sites for hydroxylation is 1. The standard InChI is InChI=1S/C14H26N4O/c1-3-12-5-7-14(19,8-6-12)10-15-9-13-16-11-17-18(13)4-2/h11-12,15,19H,3-10H2,1-2H3. The number of aliphatic hydroxyl groups is 1. The molecule has 2 N–H and O–H groups in total. The van der Waals surface area contributed by atoms with E-state index < -0.39 is 5.60 Å². The van der Waals surface area contributed by atoms with Gasteiger partial charge in [-0.25, -0.2) is 9.67 Å². The van der Waals surface area contributed by atoms with E-state index in [9.17, 15) is 5.11 Å². The Balaban J connectivity index is 1.76. The summed E-state index contributed by atoms with van der Waals surface area (Å²) in [6.45, 7) is 6.45. The summed E-state index contributed by atoms with van der Waals surface area (Å²) in [5, 5.41) is 18.0. The fraction of sp³-hybridized carbons (Fsp3) is 0.857. The number of aromatic nitrogens is 3. The lowest BCUT2D eigenvalue weighted by atomic mass is 9.78. The summed E-state index contributed by atoms with van der Waals surface area (Å²) < 4.78 is 1.88. The quantitative estimate of drug-likeness (QED) is 0.823. The predicted molar refractivity (Wildman–Crippen MR) is 74.6 cm³/mol. The SMILES string of the molecule is CCC1CCC(O)(CNCc2ncnn2CC)CC1. The van der Waals surface area contributed by atoms with Crippen molar-refractivity contribution < 1.29 is 5.11 Å². The van der Waals surface area contributed by atoms with Crippen LogP contribution >= 0.6 is 0 Å². The number of hydrogen-bond donors (Lipinski definition) is 2. The average Bonchev–Trinajstić information content (AvgIpc) is 2.87. The Morgan fingerprint density at radius 3 is 2.79 bits per heavy atom. The fourth-order valence-electron chi connectivity index (χ4n) is 2.90. The van der Waals surface area contributed by atoms with Gasteiger partial charge in [-0.1, -0.05) is 13.3 Å². The molecule has 0 spiro atoms. The third kappa shape index (κ3) is 3.76. The highest BCUT2D eigenvalue weighted by atomic mass is 16.3. The molecule has 19 heavy (non-hydrogen) atoms. The van der Waals surface area contributed by atoms with Crippen LogP contribution in [0, 0.1) is 5.92 Å². The summed E-state index contributed by atoms with van der Waals surface area (Å²) >= 11 is 0. The molecule has 5 heteroatoms. The summed E-state index contributed by atoms with van der Waals surface area (Å²) in [5.74, 6) is 1.75. The second-order valence-electron chi connectivity index (χ2n) is 5.67. The second-order valence-corrected chi connectivity index (χ2v) is 5.67. The molecule has 0 unspecified atom stereocenters. The van der Waals surface area contributed by atoms with Gasteiger partial charge >= 0.3 is 0 Å². The van der Waals surface area contributed by atoms with Gasteiger partial charge in [0.15, 0.2) is 0 Å². The van der Waals surface area contributed by atoms with E-state index in [2.05, 4.69) is 29.2 Å². The molecule has 1 heterocycles. The van der Waals surface area contributed by atoms with Crippen molar-refractivity contribution >= 4 is 0 Å². The second kappa shape index (κ2) is 6.48. The number of nitrogens with zero attached hydrogens (tertiary/aromatic N) is 3. The van der Waals surface area contributed by atoms with Crippen molar-refractivity contribution in [2.45, 2.75) is 64.6 Å². The van der Waals surface area contributed by atoms with E-state index in [1.807, 2.05) is 4.68 Å². The predicted octanol–water partition coefficient (Wildman–Crippen LogP) is 1.72. The highest BCUT2D eigenvalue weighted by Gasteiger charge is 2.32. The first-order valence-corrected chi connectivity index (χ1v) is 7.46. The minimum absolute atomic E-state index is 0.525. The van der Waals surface area contributed by atoms with Crippen molar-refractivity contribution in [3.05, 3.63) is 12.2 Å².